The predicted molar refractivity (Wildman–Crippen MR) is 105 cm³/mol. The van der Waals surface area contributed by atoms with E-state index in [9.17, 15) is 14.4 Å². The van der Waals surface area contributed by atoms with E-state index in [-0.39, 0.29) is 17.6 Å². The van der Waals surface area contributed by atoms with Gasteiger partial charge in [0, 0.05) is 5.56 Å². The van der Waals surface area contributed by atoms with Crippen molar-refractivity contribution in [3.8, 4) is 5.75 Å². The van der Waals surface area contributed by atoms with E-state index in [4.69, 9.17) is 9.47 Å². The predicted octanol–water partition coefficient (Wildman–Crippen LogP) is 4.10. The molecule has 0 aromatic heterocycles. The van der Waals surface area contributed by atoms with Crippen LogP contribution < -0.4 is 4.74 Å². The Bertz CT molecular complexity index is 744. The van der Waals surface area contributed by atoms with Crippen LogP contribution >= 0.6 is 11.8 Å². The van der Waals surface area contributed by atoms with Crippen molar-refractivity contribution in [2.75, 3.05) is 13.2 Å². The van der Waals surface area contributed by atoms with E-state index in [1.165, 1.54) is 0 Å². The summed E-state index contributed by atoms with van der Waals surface area (Å²) >= 11 is 0.812. The molecule has 0 unspecified atom stereocenters. The highest BCUT2D eigenvalue weighted by Crippen LogP contribution is 2.34. The van der Waals surface area contributed by atoms with Gasteiger partial charge < -0.3 is 9.47 Å². The van der Waals surface area contributed by atoms with E-state index in [0.717, 1.165) is 16.7 Å². The second-order valence-electron chi connectivity index (χ2n) is 6.72. The van der Waals surface area contributed by atoms with Crippen LogP contribution in [0.15, 0.2) is 29.2 Å². The molecule has 0 saturated carbocycles. The van der Waals surface area contributed by atoms with E-state index in [0.29, 0.717) is 30.3 Å². The van der Waals surface area contributed by atoms with Gasteiger partial charge in [0.25, 0.3) is 11.1 Å². The van der Waals surface area contributed by atoms with Crippen LogP contribution in [0.4, 0.5) is 4.79 Å². The third-order valence-corrected chi connectivity index (χ3v) is 4.75. The molecule has 27 heavy (non-hydrogen) atoms. The van der Waals surface area contributed by atoms with Gasteiger partial charge in [0.1, 0.15) is 12.3 Å². The van der Waals surface area contributed by atoms with Gasteiger partial charge in [-0.2, -0.15) is 0 Å². The van der Waals surface area contributed by atoms with E-state index in [1.54, 1.807) is 13.0 Å². The number of thioether (sulfide) groups is 1. The summed E-state index contributed by atoms with van der Waals surface area (Å²) in [5.41, 5.74) is 0.714. The summed E-state index contributed by atoms with van der Waals surface area (Å²) in [6.45, 7) is 7.92. The Morgan fingerprint density at radius 3 is 2.59 bits per heavy atom. The van der Waals surface area contributed by atoms with Crippen LogP contribution in [-0.2, 0) is 14.3 Å². The van der Waals surface area contributed by atoms with Crippen molar-refractivity contribution in [1.29, 1.82) is 0 Å². The lowest BCUT2D eigenvalue weighted by atomic mass is 10.1. The Morgan fingerprint density at radius 1 is 1.22 bits per heavy atom. The molecule has 6 nitrogen and oxygen atoms in total. The number of hydrogen-bond donors (Lipinski definition) is 0. The van der Waals surface area contributed by atoms with Crippen molar-refractivity contribution >= 4 is 35.0 Å². The fourth-order valence-electron chi connectivity index (χ4n) is 2.24. The molecule has 146 valence electrons. The number of hydrogen-bond acceptors (Lipinski definition) is 6. The smallest absolute Gasteiger partial charge is 0.326 e. The number of esters is 1. The van der Waals surface area contributed by atoms with Crippen molar-refractivity contribution in [2.24, 2.45) is 5.92 Å². The molecule has 0 bridgehead atoms. The number of carbonyl (C=O) groups excluding carboxylic acids is 3. The molecule has 2 amide bonds. The van der Waals surface area contributed by atoms with Gasteiger partial charge in [0.2, 0.25) is 0 Å². The first-order valence-electron chi connectivity index (χ1n) is 8.98. The molecule has 1 aromatic carbocycles. The van der Waals surface area contributed by atoms with Gasteiger partial charge in [-0.3, -0.25) is 19.3 Å². The van der Waals surface area contributed by atoms with Gasteiger partial charge >= 0.3 is 5.97 Å². The van der Waals surface area contributed by atoms with Crippen LogP contribution in [0.3, 0.4) is 0 Å². The van der Waals surface area contributed by atoms with E-state index in [2.05, 4.69) is 0 Å². The Morgan fingerprint density at radius 2 is 1.93 bits per heavy atom. The second-order valence-corrected chi connectivity index (χ2v) is 7.71. The molecule has 0 radical (unpaired) electrons. The molecule has 1 atom stereocenters. The monoisotopic (exact) mass is 391 g/mol. The number of ether oxygens (including phenoxy) is 2. The largest absolute Gasteiger partial charge is 0.493 e. The molecule has 0 N–H and O–H groups in total. The first-order chi connectivity index (χ1) is 12.8. The van der Waals surface area contributed by atoms with Crippen molar-refractivity contribution in [1.82, 2.24) is 4.90 Å². The second kappa shape index (κ2) is 9.60. The van der Waals surface area contributed by atoms with Crippen LogP contribution in [0.2, 0.25) is 0 Å². The summed E-state index contributed by atoms with van der Waals surface area (Å²) < 4.78 is 10.9. The minimum Gasteiger partial charge on any atom is -0.493 e. The molecule has 1 heterocycles. The molecule has 1 aromatic rings. The fraction of sp³-hybridized carbons (Fsp3) is 0.450. The summed E-state index contributed by atoms with van der Waals surface area (Å²) in [5.74, 6) is -0.0747. The van der Waals surface area contributed by atoms with Crippen molar-refractivity contribution in [3.05, 3.63) is 34.7 Å². The Hall–Kier alpha value is -2.28. The van der Waals surface area contributed by atoms with Gasteiger partial charge in [-0.25, -0.2) is 0 Å². The first-order valence-corrected chi connectivity index (χ1v) is 9.80. The summed E-state index contributed by atoms with van der Waals surface area (Å²) in [4.78, 5) is 37.8. The molecule has 0 aliphatic carbocycles. The normalized spacial score (nSPS) is 16.9. The molecular formula is C20H25NO5S. The number of benzene rings is 1. The average Bonchev–Trinajstić information content (AvgIpc) is 2.88. The van der Waals surface area contributed by atoms with E-state index < -0.39 is 17.1 Å². The number of imide groups is 1. The first kappa shape index (κ1) is 21.0. The summed E-state index contributed by atoms with van der Waals surface area (Å²) in [6, 6.07) is 7.33. The molecule has 1 aliphatic rings. The van der Waals surface area contributed by atoms with Crippen molar-refractivity contribution in [2.45, 2.75) is 40.2 Å². The molecule has 7 heteroatoms. The molecule has 0 spiro atoms. The highest BCUT2D eigenvalue weighted by molar-refractivity contribution is 8.18. The highest BCUT2D eigenvalue weighted by atomic mass is 32.2. The maximum absolute atomic E-state index is 12.6. The standard InChI is InChI=1S/C20H25NO5S/c1-5-14(4)26-18(22)11-21-19(23)17(27-20(21)24)10-15-8-6-7-9-16(15)25-12-13(2)3/h6-10,13-14H,5,11-12H2,1-4H3/b17-10+/t14-/m1/s1. The average molecular weight is 391 g/mol. The third kappa shape index (κ3) is 5.85. The Kier molecular flexibility index (Phi) is 7.47. The zero-order valence-electron chi connectivity index (χ0n) is 16.1. The van der Waals surface area contributed by atoms with Gasteiger partial charge in [-0.15, -0.1) is 0 Å². The van der Waals surface area contributed by atoms with Crippen molar-refractivity contribution < 1.29 is 23.9 Å². The molecule has 1 fully saturated rings. The van der Waals surface area contributed by atoms with E-state index >= 15 is 0 Å². The Labute approximate surface area is 163 Å². The van der Waals surface area contributed by atoms with Crippen LogP contribution in [0, 0.1) is 5.92 Å². The zero-order chi connectivity index (χ0) is 20.0. The van der Waals surface area contributed by atoms with Crippen molar-refractivity contribution in [3.63, 3.8) is 0 Å². The van der Waals surface area contributed by atoms with Gasteiger partial charge in [0.15, 0.2) is 0 Å². The quantitative estimate of drug-likeness (QED) is 0.491. The van der Waals surface area contributed by atoms with Gasteiger partial charge in [-0.05, 0) is 43.2 Å². The van der Waals surface area contributed by atoms with Gasteiger partial charge in [-0.1, -0.05) is 39.0 Å². The third-order valence-electron chi connectivity index (χ3n) is 3.85. The lowest BCUT2D eigenvalue weighted by Crippen LogP contribution is -2.35. The maximum Gasteiger partial charge on any atom is 0.326 e. The highest BCUT2D eigenvalue weighted by Gasteiger charge is 2.37. The SMILES string of the molecule is CC[C@@H](C)OC(=O)CN1C(=O)S/C(=C/c2ccccc2OCC(C)C)C1=O. The minimum atomic E-state index is -0.589. The summed E-state index contributed by atoms with van der Waals surface area (Å²) in [7, 11) is 0. The fourth-order valence-corrected chi connectivity index (χ4v) is 3.07. The maximum atomic E-state index is 12.6. The molecule has 2 rings (SSSR count). The van der Waals surface area contributed by atoms with Crippen LogP contribution in [0.1, 0.15) is 39.7 Å². The number of amides is 2. The molecule has 1 aliphatic heterocycles. The number of para-hydroxylation sites is 1. The number of nitrogens with zero attached hydrogens (tertiary/aromatic N) is 1. The van der Waals surface area contributed by atoms with E-state index in [1.807, 2.05) is 45.0 Å². The molecular weight excluding hydrogens is 366 g/mol. The minimum absolute atomic E-state index is 0.252. The van der Waals surface area contributed by atoms with Crippen LogP contribution in [0.5, 0.6) is 5.75 Å². The number of rotatable bonds is 8. The van der Waals surface area contributed by atoms with Crippen LogP contribution in [0.25, 0.3) is 6.08 Å². The number of carbonyl (C=O) groups is 3. The molecule has 1 saturated heterocycles. The Balaban J connectivity index is 2.13. The topological polar surface area (TPSA) is 72.9 Å². The van der Waals surface area contributed by atoms with Gasteiger partial charge in [0.05, 0.1) is 17.6 Å². The zero-order valence-corrected chi connectivity index (χ0v) is 16.9. The lowest BCUT2D eigenvalue weighted by molar-refractivity contribution is -0.150. The summed E-state index contributed by atoms with van der Waals surface area (Å²) in [6.07, 6.45) is 2.04. The summed E-state index contributed by atoms with van der Waals surface area (Å²) in [5, 5.41) is -0.479. The van der Waals surface area contributed by atoms with Crippen LogP contribution in [-0.4, -0.2) is 41.3 Å². The lowest BCUT2D eigenvalue weighted by Gasteiger charge is -2.15.